The monoisotopic (exact) mass is 317 g/mol. The van der Waals surface area contributed by atoms with Crippen LogP contribution in [0.1, 0.15) is 15.9 Å². The second-order valence-electron chi connectivity index (χ2n) is 4.03. The zero-order valence-corrected chi connectivity index (χ0v) is 11.3. The van der Waals surface area contributed by atoms with Crippen LogP contribution in [-0.4, -0.2) is 11.1 Å². The molecule has 2 aromatic carbocycles. The van der Waals surface area contributed by atoms with Gasteiger partial charge in [-0.15, -0.1) is 12.4 Å². The van der Waals surface area contributed by atoms with Crippen molar-refractivity contribution in [1.82, 2.24) is 5.48 Å². The van der Waals surface area contributed by atoms with Crippen molar-refractivity contribution in [2.75, 3.05) is 0 Å². The van der Waals surface area contributed by atoms with E-state index in [2.05, 4.69) is 0 Å². The van der Waals surface area contributed by atoms with Crippen LogP contribution in [0.3, 0.4) is 0 Å². The van der Waals surface area contributed by atoms with E-state index in [9.17, 15) is 18.0 Å². The molecule has 2 N–H and O–H groups in total. The number of benzene rings is 2. The molecule has 0 unspecified atom stereocenters. The lowest BCUT2D eigenvalue weighted by Gasteiger charge is -2.16. The Morgan fingerprint density at radius 1 is 1.00 bits per heavy atom. The van der Waals surface area contributed by atoms with Crippen LogP contribution in [0.15, 0.2) is 48.5 Å². The molecular weight excluding hydrogens is 307 g/mol. The minimum absolute atomic E-state index is 0. The minimum Gasteiger partial charge on any atom is -0.288 e. The first-order valence-corrected chi connectivity index (χ1v) is 5.65. The van der Waals surface area contributed by atoms with Gasteiger partial charge >= 0.3 is 6.18 Å². The van der Waals surface area contributed by atoms with Gasteiger partial charge in [-0.3, -0.25) is 10.0 Å². The molecule has 0 aromatic heterocycles. The summed E-state index contributed by atoms with van der Waals surface area (Å²) < 4.78 is 39.7. The van der Waals surface area contributed by atoms with Crippen molar-refractivity contribution in [3.8, 4) is 11.1 Å². The molecule has 0 aliphatic rings. The highest BCUT2D eigenvalue weighted by Crippen LogP contribution is 2.39. The summed E-state index contributed by atoms with van der Waals surface area (Å²) in [5, 5.41) is 8.57. The van der Waals surface area contributed by atoms with Crippen LogP contribution < -0.4 is 5.48 Å². The molecule has 0 bridgehead atoms. The lowest BCUT2D eigenvalue weighted by molar-refractivity contribution is -0.137. The molecular formula is C14H11ClF3NO2. The number of amides is 1. The Kier molecular flexibility index (Phi) is 5.34. The van der Waals surface area contributed by atoms with Gasteiger partial charge in [0.2, 0.25) is 0 Å². The predicted octanol–water partition coefficient (Wildman–Crippen LogP) is 3.91. The van der Waals surface area contributed by atoms with Gasteiger partial charge in [0.1, 0.15) is 0 Å². The highest BCUT2D eigenvalue weighted by molar-refractivity contribution is 5.97. The van der Waals surface area contributed by atoms with E-state index in [1.807, 2.05) is 0 Å². The quantitative estimate of drug-likeness (QED) is 0.651. The van der Waals surface area contributed by atoms with Crippen molar-refractivity contribution in [2.45, 2.75) is 6.18 Å². The summed E-state index contributed by atoms with van der Waals surface area (Å²) in [6.45, 7) is 0. The maximum absolute atomic E-state index is 13.2. The van der Waals surface area contributed by atoms with E-state index in [1.165, 1.54) is 29.7 Å². The highest BCUT2D eigenvalue weighted by Gasteiger charge is 2.38. The third kappa shape index (κ3) is 3.53. The zero-order valence-electron chi connectivity index (χ0n) is 10.5. The summed E-state index contributed by atoms with van der Waals surface area (Å²) in [5.74, 6) is -1.20. The van der Waals surface area contributed by atoms with E-state index in [0.29, 0.717) is 5.56 Å². The fraction of sp³-hybridized carbons (Fsp3) is 0.0714. The van der Waals surface area contributed by atoms with Gasteiger partial charge in [0, 0.05) is 0 Å². The number of carbonyl (C=O) groups excluding carboxylic acids is 1. The Hall–Kier alpha value is -2.05. The molecule has 0 fully saturated rings. The van der Waals surface area contributed by atoms with E-state index in [0.717, 1.165) is 6.07 Å². The zero-order chi connectivity index (χ0) is 14.8. The molecule has 112 valence electrons. The first-order valence-electron chi connectivity index (χ1n) is 5.65. The summed E-state index contributed by atoms with van der Waals surface area (Å²) in [6, 6.07) is 11.6. The van der Waals surface area contributed by atoms with Gasteiger partial charge in [0.15, 0.2) is 0 Å². The van der Waals surface area contributed by atoms with Crippen LogP contribution >= 0.6 is 12.4 Å². The van der Waals surface area contributed by atoms with Crippen LogP contribution in [0.25, 0.3) is 11.1 Å². The number of hydrogen-bond acceptors (Lipinski definition) is 2. The Bertz CT molecular complexity index is 630. The number of nitrogens with one attached hydrogen (secondary N) is 1. The molecule has 0 atom stereocenters. The molecule has 0 radical (unpaired) electrons. The van der Waals surface area contributed by atoms with Crippen LogP contribution in [0.4, 0.5) is 13.2 Å². The third-order valence-corrected chi connectivity index (χ3v) is 2.78. The average Bonchev–Trinajstić information content (AvgIpc) is 2.45. The third-order valence-electron chi connectivity index (χ3n) is 2.78. The second-order valence-corrected chi connectivity index (χ2v) is 4.03. The van der Waals surface area contributed by atoms with Crippen LogP contribution in [-0.2, 0) is 6.18 Å². The Morgan fingerprint density at radius 3 is 2.14 bits per heavy atom. The number of hydrogen-bond donors (Lipinski definition) is 2. The van der Waals surface area contributed by atoms with Crippen molar-refractivity contribution in [3.63, 3.8) is 0 Å². The van der Waals surface area contributed by atoms with Gasteiger partial charge < -0.3 is 0 Å². The Labute approximate surface area is 124 Å². The molecule has 0 spiro atoms. The van der Waals surface area contributed by atoms with E-state index in [1.54, 1.807) is 18.2 Å². The van der Waals surface area contributed by atoms with E-state index >= 15 is 0 Å². The number of carbonyl (C=O) groups is 1. The highest BCUT2D eigenvalue weighted by atomic mass is 35.5. The summed E-state index contributed by atoms with van der Waals surface area (Å²) in [6.07, 6.45) is -4.71. The van der Waals surface area contributed by atoms with Gasteiger partial charge in [-0.2, -0.15) is 13.2 Å². The summed E-state index contributed by atoms with van der Waals surface area (Å²) >= 11 is 0. The predicted molar refractivity (Wildman–Crippen MR) is 73.4 cm³/mol. The molecule has 2 rings (SSSR count). The summed E-state index contributed by atoms with van der Waals surface area (Å²) in [4.78, 5) is 11.4. The first kappa shape index (κ1) is 17.0. The summed E-state index contributed by atoms with van der Waals surface area (Å²) in [7, 11) is 0. The Balaban J connectivity index is 0.00000220. The van der Waals surface area contributed by atoms with Gasteiger partial charge in [-0.25, -0.2) is 5.48 Å². The van der Waals surface area contributed by atoms with Crippen LogP contribution in [0.5, 0.6) is 0 Å². The van der Waals surface area contributed by atoms with Crippen molar-refractivity contribution in [3.05, 3.63) is 59.7 Å². The largest absolute Gasteiger partial charge is 0.417 e. The lowest BCUT2D eigenvalue weighted by Crippen LogP contribution is -2.23. The molecule has 0 aliphatic heterocycles. The second kappa shape index (κ2) is 6.60. The maximum atomic E-state index is 13.2. The number of hydroxylamine groups is 1. The smallest absolute Gasteiger partial charge is 0.288 e. The molecule has 1 amide bonds. The summed E-state index contributed by atoms with van der Waals surface area (Å²) in [5.41, 5.74) is -0.233. The van der Waals surface area contributed by atoms with Gasteiger partial charge in [0.05, 0.1) is 11.1 Å². The van der Waals surface area contributed by atoms with Crippen molar-refractivity contribution >= 4 is 18.3 Å². The fourth-order valence-electron chi connectivity index (χ4n) is 1.97. The topological polar surface area (TPSA) is 49.3 Å². The van der Waals surface area contributed by atoms with Gasteiger partial charge in [-0.05, 0) is 17.2 Å². The molecule has 0 saturated carbocycles. The van der Waals surface area contributed by atoms with Crippen LogP contribution in [0.2, 0.25) is 0 Å². The lowest BCUT2D eigenvalue weighted by atomic mass is 9.94. The molecule has 0 aliphatic carbocycles. The molecule has 3 nitrogen and oxygen atoms in total. The van der Waals surface area contributed by atoms with Crippen molar-refractivity contribution < 1.29 is 23.2 Å². The standard InChI is InChI=1S/C14H10F3NO2.ClH/c15-14(16,17)12-10(9-5-2-1-3-6-9)7-4-8-11(12)13(19)18-20;/h1-8,20H,(H,18,19);1H. The fourth-order valence-corrected chi connectivity index (χ4v) is 1.97. The van der Waals surface area contributed by atoms with Gasteiger partial charge in [0.25, 0.3) is 5.91 Å². The first-order chi connectivity index (χ1) is 9.45. The van der Waals surface area contributed by atoms with Crippen molar-refractivity contribution in [1.29, 1.82) is 0 Å². The molecule has 0 saturated heterocycles. The van der Waals surface area contributed by atoms with E-state index < -0.39 is 23.2 Å². The average molecular weight is 318 g/mol. The normalized spacial score (nSPS) is 10.7. The molecule has 21 heavy (non-hydrogen) atoms. The van der Waals surface area contributed by atoms with E-state index in [4.69, 9.17) is 5.21 Å². The maximum Gasteiger partial charge on any atom is 0.417 e. The molecule has 0 heterocycles. The van der Waals surface area contributed by atoms with Crippen LogP contribution in [0, 0.1) is 0 Å². The SMILES string of the molecule is Cl.O=C(NO)c1cccc(-c2ccccc2)c1C(F)(F)F. The number of halogens is 4. The van der Waals surface area contributed by atoms with Gasteiger partial charge in [-0.1, -0.05) is 42.5 Å². The number of alkyl halides is 3. The number of rotatable bonds is 2. The Morgan fingerprint density at radius 2 is 1.62 bits per heavy atom. The van der Waals surface area contributed by atoms with E-state index in [-0.39, 0.29) is 18.0 Å². The molecule has 2 aromatic rings. The molecule has 7 heteroatoms. The van der Waals surface area contributed by atoms with Crippen molar-refractivity contribution in [2.24, 2.45) is 0 Å². The minimum atomic E-state index is -4.71.